The molecule has 3 nitrogen and oxygen atoms in total. The van der Waals surface area contributed by atoms with Crippen LogP contribution < -0.4 is 5.32 Å². The van der Waals surface area contributed by atoms with Crippen LogP contribution in [0, 0.1) is 5.92 Å². The lowest BCUT2D eigenvalue weighted by Crippen LogP contribution is -2.14. The van der Waals surface area contributed by atoms with Gasteiger partial charge < -0.3 is 5.32 Å². The van der Waals surface area contributed by atoms with E-state index in [1.807, 2.05) is 12.1 Å². The number of anilines is 1. The maximum Gasteiger partial charge on any atom is 0.228 e. The molecule has 80 valence electrons. The third-order valence-corrected chi connectivity index (χ3v) is 2.65. The minimum Gasteiger partial charge on any atom is -0.310 e. The van der Waals surface area contributed by atoms with Crippen molar-refractivity contribution in [3.8, 4) is 0 Å². The Hall–Kier alpha value is -1.38. The van der Waals surface area contributed by atoms with E-state index in [0.29, 0.717) is 11.7 Å². The molecule has 0 unspecified atom stereocenters. The minimum absolute atomic E-state index is 0.114. The van der Waals surface area contributed by atoms with Gasteiger partial charge in [-0.25, -0.2) is 4.98 Å². The van der Waals surface area contributed by atoms with Crippen LogP contribution in [0.2, 0.25) is 0 Å². The van der Waals surface area contributed by atoms with Gasteiger partial charge in [-0.3, -0.25) is 4.79 Å². The van der Waals surface area contributed by atoms with E-state index in [1.54, 1.807) is 6.20 Å². The molecule has 0 aliphatic heterocycles. The summed E-state index contributed by atoms with van der Waals surface area (Å²) in [4.78, 5) is 15.6. The summed E-state index contributed by atoms with van der Waals surface area (Å²) in [6.45, 7) is 4.25. The number of pyridine rings is 1. The Morgan fingerprint density at radius 3 is 2.87 bits per heavy atom. The van der Waals surface area contributed by atoms with Crippen molar-refractivity contribution in [1.29, 1.82) is 0 Å². The Morgan fingerprint density at radius 1 is 1.53 bits per heavy atom. The average Bonchev–Trinajstić information content (AvgIpc) is 3.01. The van der Waals surface area contributed by atoms with Gasteiger partial charge in [0, 0.05) is 12.1 Å². The number of hydrogen-bond acceptors (Lipinski definition) is 2. The summed E-state index contributed by atoms with van der Waals surface area (Å²) in [7, 11) is 0. The maximum atomic E-state index is 11.5. The molecule has 0 spiro atoms. The fourth-order valence-electron chi connectivity index (χ4n) is 1.45. The van der Waals surface area contributed by atoms with E-state index in [0.717, 1.165) is 12.8 Å². The maximum absolute atomic E-state index is 11.5. The predicted octanol–water partition coefficient (Wildman–Crippen LogP) is 2.55. The van der Waals surface area contributed by atoms with Crippen LogP contribution in [0.15, 0.2) is 18.3 Å². The van der Waals surface area contributed by atoms with Crippen LogP contribution >= 0.6 is 0 Å². The third-order valence-electron chi connectivity index (χ3n) is 2.65. The number of nitrogens with one attached hydrogen (secondary N) is 1. The second-order valence-electron chi connectivity index (χ2n) is 4.39. The van der Waals surface area contributed by atoms with Crippen molar-refractivity contribution in [3.05, 3.63) is 23.9 Å². The van der Waals surface area contributed by atoms with Crippen molar-refractivity contribution in [1.82, 2.24) is 4.98 Å². The normalized spacial score (nSPS) is 15.4. The summed E-state index contributed by atoms with van der Waals surface area (Å²) >= 11 is 0. The van der Waals surface area contributed by atoms with Crippen molar-refractivity contribution in [2.75, 3.05) is 5.32 Å². The van der Waals surface area contributed by atoms with Crippen LogP contribution in [-0.2, 0) is 4.79 Å². The number of aromatic nitrogens is 1. The summed E-state index contributed by atoms with van der Waals surface area (Å²) in [5, 5.41) is 2.85. The first-order chi connectivity index (χ1) is 7.16. The second-order valence-corrected chi connectivity index (χ2v) is 4.39. The van der Waals surface area contributed by atoms with Crippen molar-refractivity contribution in [2.45, 2.75) is 32.6 Å². The van der Waals surface area contributed by atoms with Gasteiger partial charge in [-0.2, -0.15) is 0 Å². The number of nitrogens with zero attached hydrogens (tertiary/aromatic N) is 1. The van der Waals surface area contributed by atoms with Crippen LogP contribution in [0.25, 0.3) is 0 Å². The monoisotopic (exact) mass is 204 g/mol. The fourth-order valence-corrected chi connectivity index (χ4v) is 1.45. The highest BCUT2D eigenvalue weighted by Crippen LogP contribution is 2.30. The second kappa shape index (κ2) is 4.01. The van der Waals surface area contributed by atoms with Gasteiger partial charge in [-0.05, 0) is 36.5 Å². The number of hydrogen-bond donors (Lipinski definition) is 1. The Labute approximate surface area is 89.9 Å². The lowest BCUT2D eigenvalue weighted by Gasteiger charge is -2.08. The van der Waals surface area contributed by atoms with Gasteiger partial charge in [0.2, 0.25) is 5.91 Å². The number of rotatable bonds is 3. The van der Waals surface area contributed by atoms with Crippen molar-refractivity contribution in [2.24, 2.45) is 5.92 Å². The molecule has 1 heterocycles. The van der Waals surface area contributed by atoms with Gasteiger partial charge in [0.15, 0.2) is 0 Å². The van der Waals surface area contributed by atoms with E-state index in [2.05, 4.69) is 24.1 Å². The molecule has 0 saturated heterocycles. The molecule has 1 aliphatic rings. The predicted molar refractivity (Wildman–Crippen MR) is 59.7 cm³/mol. The van der Waals surface area contributed by atoms with Crippen molar-refractivity contribution in [3.63, 3.8) is 0 Å². The van der Waals surface area contributed by atoms with E-state index < -0.39 is 0 Å². The summed E-state index contributed by atoms with van der Waals surface area (Å²) in [5.41, 5.74) is 1.20. The molecule has 1 N–H and O–H groups in total. The van der Waals surface area contributed by atoms with Gasteiger partial charge in [-0.15, -0.1) is 0 Å². The molecule has 0 bridgehead atoms. The summed E-state index contributed by atoms with van der Waals surface area (Å²) in [6, 6.07) is 3.93. The zero-order valence-corrected chi connectivity index (χ0v) is 9.16. The molecule has 0 atom stereocenters. The Morgan fingerprint density at radius 2 is 2.27 bits per heavy atom. The molecule has 1 aromatic rings. The van der Waals surface area contributed by atoms with E-state index in [4.69, 9.17) is 0 Å². The topological polar surface area (TPSA) is 42.0 Å². The first-order valence-corrected chi connectivity index (χ1v) is 5.43. The molecule has 0 aromatic carbocycles. The van der Waals surface area contributed by atoms with Gasteiger partial charge >= 0.3 is 0 Å². The fraction of sp³-hybridized carbons (Fsp3) is 0.500. The molecule has 1 saturated carbocycles. The number of carbonyl (C=O) groups is 1. The average molecular weight is 204 g/mol. The van der Waals surface area contributed by atoms with E-state index in [-0.39, 0.29) is 11.8 Å². The Balaban J connectivity index is 2.07. The highest BCUT2D eigenvalue weighted by atomic mass is 16.2. The first-order valence-electron chi connectivity index (χ1n) is 5.43. The molecule has 1 amide bonds. The highest BCUT2D eigenvalue weighted by Gasteiger charge is 2.29. The molecular formula is C12H16N2O. The lowest BCUT2D eigenvalue weighted by molar-refractivity contribution is -0.117. The largest absolute Gasteiger partial charge is 0.310 e. The number of carbonyl (C=O) groups excluding carboxylic acids is 1. The number of amides is 1. The highest BCUT2D eigenvalue weighted by molar-refractivity contribution is 5.93. The lowest BCUT2D eigenvalue weighted by atomic mass is 10.1. The SMILES string of the molecule is CC(C)c1ccnc(NC(=O)C2CC2)c1. The van der Waals surface area contributed by atoms with Crippen molar-refractivity contribution >= 4 is 11.7 Å². The van der Waals surface area contributed by atoms with Crippen molar-refractivity contribution < 1.29 is 4.79 Å². The van der Waals surface area contributed by atoms with E-state index in [9.17, 15) is 4.79 Å². The van der Waals surface area contributed by atoms with Gasteiger partial charge in [0.05, 0.1) is 0 Å². The zero-order chi connectivity index (χ0) is 10.8. The molecular weight excluding hydrogens is 188 g/mol. The quantitative estimate of drug-likeness (QED) is 0.822. The molecule has 1 aliphatic carbocycles. The molecule has 3 heteroatoms. The summed E-state index contributed by atoms with van der Waals surface area (Å²) in [5.74, 6) is 1.49. The molecule has 15 heavy (non-hydrogen) atoms. The first kappa shape index (κ1) is 10.1. The molecule has 2 rings (SSSR count). The van der Waals surface area contributed by atoms with Crippen LogP contribution in [0.5, 0.6) is 0 Å². The third kappa shape index (κ3) is 2.55. The van der Waals surface area contributed by atoms with E-state index in [1.165, 1.54) is 5.56 Å². The van der Waals surface area contributed by atoms with Crippen LogP contribution in [0.4, 0.5) is 5.82 Å². The smallest absolute Gasteiger partial charge is 0.228 e. The molecule has 0 radical (unpaired) electrons. The Kier molecular flexibility index (Phi) is 2.71. The van der Waals surface area contributed by atoms with Gasteiger partial charge in [0.1, 0.15) is 5.82 Å². The van der Waals surface area contributed by atoms with Crippen LogP contribution in [0.3, 0.4) is 0 Å². The summed E-state index contributed by atoms with van der Waals surface area (Å²) in [6.07, 6.45) is 3.79. The van der Waals surface area contributed by atoms with Gasteiger partial charge in [0.25, 0.3) is 0 Å². The standard InChI is InChI=1S/C12H16N2O/c1-8(2)10-5-6-13-11(7-10)14-12(15)9-3-4-9/h5-9H,3-4H2,1-2H3,(H,13,14,15). The van der Waals surface area contributed by atoms with Gasteiger partial charge in [-0.1, -0.05) is 13.8 Å². The van der Waals surface area contributed by atoms with Crippen LogP contribution in [0.1, 0.15) is 38.2 Å². The summed E-state index contributed by atoms with van der Waals surface area (Å²) < 4.78 is 0. The van der Waals surface area contributed by atoms with Crippen LogP contribution in [-0.4, -0.2) is 10.9 Å². The minimum atomic E-state index is 0.114. The zero-order valence-electron chi connectivity index (χ0n) is 9.16. The Bertz CT molecular complexity index is 370. The molecule has 1 fully saturated rings. The van der Waals surface area contributed by atoms with E-state index >= 15 is 0 Å². The molecule has 1 aromatic heterocycles.